The van der Waals surface area contributed by atoms with Crippen LogP contribution in [0, 0.1) is 6.92 Å². The van der Waals surface area contributed by atoms with Gasteiger partial charge in [-0.05, 0) is 48.4 Å². The number of para-hydroxylation sites is 2. The fourth-order valence-electron chi connectivity index (χ4n) is 6.57. The van der Waals surface area contributed by atoms with Crippen molar-refractivity contribution in [3.8, 4) is 28.7 Å². The first-order chi connectivity index (χ1) is 22.7. The molecule has 0 atom stereocenters. The summed E-state index contributed by atoms with van der Waals surface area (Å²) in [6, 6.07) is 48.2. The molecule has 6 aromatic carbocycles. The smallest absolute Gasteiger partial charge is 0.238 e. The minimum Gasteiger partial charge on any atom is -0.456 e. The number of hydrogen-bond acceptors (Lipinski definition) is 4. The van der Waals surface area contributed by atoms with Crippen LogP contribution in [0.25, 0.3) is 72.5 Å². The van der Waals surface area contributed by atoms with Crippen LogP contribution in [0.15, 0.2) is 144 Å². The van der Waals surface area contributed by atoms with Crippen LogP contribution < -0.4 is 0 Å². The van der Waals surface area contributed by atoms with E-state index in [1.54, 1.807) is 0 Å². The summed E-state index contributed by atoms with van der Waals surface area (Å²) in [6.07, 6.45) is 0.758. The molecule has 46 heavy (non-hydrogen) atoms. The summed E-state index contributed by atoms with van der Waals surface area (Å²) >= 11 is 0. The Morgan fingerprint density at radius 3 is 1.91 bits per heavy atom. The van der Waals surface area contributed by atoms with E-state index in [9.17, 15) is 0 Å². The van der Waals surface area contributed by atoms with Gasteiger partial charge in [-0.25, -0.2) is 4.98 Å². The number of hydrogen-bond donors (Lipinski definition) is 0. The predicted octanol–water partition coefficient (Wildman–Crippen LogP) is 10.1. The molecule has 0 saturated carbocycles. The SMILES string of the molecule is Cc1ccc2c(c1)c1cc(Cc3cccc4c3oc3ccccc34)ccc1n2-c1nc(-c2ccccc2)nc(-c2ccccc2)n1. The lowest BCUT2D eigenvalue weighted by Gasteiger charge is -2.11. The molecule has 0 bridgehead atoms. The van der Waals surface area contributed by atoms with E-state index in [0.717, 1.165) is 55.9 Å². The molecular weight excluding hydrogens is 564 g/mol. The van der Waals surface area contributed by atoms with E-state index in [0.29, 0.717) is 17.6 Å². The maximum Gasteiger partial charge on any atom is 0.238 e. The highest BCUT2D eigenvalue weighted by atomic mass is 16.3. The number of nitrogens with zero attached hydrogens (tertiary/aromatic N) is 4. The number of benzene rings is 6. The fraction of sp³-hybridized carbons (Fsp3) is 0.0488. The second-order valence-electron chi connectivity index (χ2n) is 11.8. The molecule has 0 aliphatic carbocycles. The van der Waals surface area contributed by atoms with E-state index >= 15 is 0 Å². The molecule has 5 nitrogen and oxygen atoms in total. The summed E-state index contributed by atoms with van der Waals surface area (Å²) in [5.41, 5.74) is 9.46. The van der Waals surface area contributed by atoms with Gasteiger partial charge in [0.2, 0.25) is 5.95 Å². The van der Waals surface area contributed by atoms with Gasteiger partial charge < -0.3 is 4.42 Å². The van der Waals surface area contributed by atoms with Gasteiger partial charge in [-0.2, -0.15) is 9.97 Å². The maximum absolute atomic E-state index is 6.36. The highest BCUT2D eigenvalue weighted by molar-refractivity contribution is 6.10. The summed E-state index contributed by atoms with van der Waals surface area (Å²) in [7, 11) is 0. The van der Waals surface area contributed by atoms with Gasteiger partial charge in [0.25, 0.3) is 0 Å². The van der Waals surface area contributed by atoms with Crippen LogP contribution in [-0.2, 0) is 6.42 Å². The van der Waals surface area contributed by atoms with Crippen LogP contribution in [0.1, 0.15) is 16.7 Å². The lowest BCUT2D eigenvalue weighted by Crippen LogP contribution is -2.06. The first-order valence-corrected chi connectivity index (χ1v) is 15.5. The number of aromatic nitrogens is 4. The van der Waals surface area contributed by atoms with E-state index in [4.69, 9.17) is 19.4 Å². The third-order valence-electron chi connectivity index (χ3n) is 8.75. The Balaban J connectivity index is 1.24. The topological polar surface area (TPSA) is 56.7 Å². The molecule has 9 aromatic rings. The molecule has 3 heterocycles. The average molecular weight is 593 g/mol. The molecule has 0 N–H and O–H groups in total. The van der Waals surface area contributed by atoms with Crippen LogP contribution in [0.3, 0.4) is 0 Å². The molecule has 0 fully saturated rings. The maximum atomic E-state index is 6.36. The van der Waals surface area contributed by atoms with Crippen molar-refractivity contribution in [1.29, 1.82) is 0 Å². The third-order valence-corrected chi connectivity index (χ3v) is 8.75. The van der Waals surface area contributed by atoms with Crippen LogP contribution in [-0.4, -0.2) is 19.5 Å². The Kier molecular flexibility index (Phi) is 6.03. The Labute approximate surface area is 265 Å². The van der Waals surface area contributed by atoms with Crippen molar-refractivity contribution in [1.82, 2.24) is 19.5 Å². The summed E-state index contributed by atoms with van der Waals surface area (Å²) < 4.78 is 8.53. The van der Waals surface area contributed by atoms with Crippen molar-refractivity contribution >= 4 is 43.7 Å². The third kappa shape index (κ3) is 4.36. The van der Waals surface area contributed by atoms with Gasteiger partial charge in [0.1, 0.15) is 11.2 Å². The molecule has 3 aromatic heterocycles. The van der Waals surface area contributed by atoms with Crippen LogP contribution in [0.5, 0.6) is 0 Å². The molecule has 0 aliphatic heterocycles. The van der Waals surface area contributed by atoms with E-state index < -0.39 is 0 Å². The van der Waals surface area contributed by atoms with Gasteiger partial charge in [0.05, 0.1) is 11.0 Å². The highest BCUT2D eigenvalue weighted by Gasteiger charge is 2.19. The Morgan fingerprint density at radius 1 is 0.543 bits per heavy atom. The molecule has 0 radical (unpaired) electrons. The molecule has 218 valence electrons. The molecular formula is C41H28N4O. The van der Waals surface area contributed by atoms with Crippen molar-refractivity contribution in [3.63, 3.8) is 0 Å². The van der Waals surface area contributed by atoms with Gasteiger partial charge in [0, 0.05) is 39.1 Å². The minimum absolute atomic E-state index is 0.594. The first-order valence-electron chi connectivity index (χ1n) is 15.5. The molecule has 0 spiro atoms. The van der Waals surface area contributed by atoms with Gasteiger partial charge in [0.15, 0.2) is 11.6 Å². The van der Waals surface area contributed by atoms with Crippen LogP contribution >= 0.6 is 0 Å². The zero-order valence-electron chi connectivity index (χ0n) is 25.2. The molecule has 5 heteroatoms. The summed E-state index contributed by atoms with van der Waals surface area (Å²) in [5, 5.41) is 4.63. The number of aryl methyl sites for hydroxylation is 1. The molecule has 0 saturated heterocycles. The number of fused-ring (bicyclic) bond motifs is 6. The summed E-state index contributed by atoms with van der Waals surface area (Å²) in [5.74, 6) is 1.88. The van der Waals surface area contributed by atoms with Crippen LogP contribution in [0.4, 0.5) is 0 Å². The highest BCUT2D eigenvalue weighted by Crippen LogP contribution is 2.36. The van der Waals surface area contributed by atoms with Gasteiger partial charge in [-0.1, -0.05) is 115 Å². The normalized spacial score (nSPS) is 11.7. The monoisotopic (exact) mass is 592 g/mol. The summed E-state index contributed by atoms with van der Waals surface area (Å²) in [4.78, 5) is 15.1. The average Bonchev–Trinajstić information content (AvgIpc) is 3.65. The Morgan fingerprint density at radius 2 is 1.17 bits per heavy atom. The molecule has 0 aliphatic rings. The van der Waals surface area contributed by atoms with Crippen molar-refractivity contribution in [2.75, 3.05) is 0 Å². The predicted molar refractivity (Wildman–Crippen MR) is 186 cm³/mol. The van der Waals surface area contributed by atoms with Crippen LogP contribution in [0.2, 0.25) is 0 Å². The molecule has 0 unspecified atom stereocenters. The quantitative estimate of drug-likeness (QED) is 0.200. The van der Waals surface area contributed by atoms with Crippen molar-refractivity contribution in [2.45, 2.75) is 13.3 Å². The fourth-order valence-corrected chi connectivity index (χ4v) is 6.57. The zero-order valence-corrected chi connectivity index (χ0v) is 25.2. The first kappa shape index (κ1) is 26.3. The summed E-state index contributed by atoms with van der Waals surface area (Å²) in [6.45, 7) is 2.14. The van der Waals surface area contributed by atoms with Gasteiger partial charge >= 0.3 is 0 Å². The van der Waals surface area contributed by atoms with E-state index in [2.05, 4.69) is 78.2 Å². The second-order valence-corrected chi connectivity index (χ2v) is 11.8. The Hall–Kier alpha value is -6.07. The number of rotatable bonds is 5. The van der Waals surface area contributed by atoms with Crippen molar-refractivity contribution < 1.29 is 4.42 Å². The molecule has 9 rings (SSSR count). The van der Waals surface area contributed by atoms with Crippen molar-refractivity contribution in [2.24, 2.45) is 0 Å². The lowest BCUT2D eigenvalue weighted by molar-refractivity contribution is 0.664. The Bertz CT molecular complexity index is 2510. The van der Waals surface area contributed by atoms with E-state index in [1.807, 2.05) is 72.8 Å². The van der Waals surface area contributed by atoms with Gasteiger partial charge in [-0.3, -0.25) is 4.57 Å². The standard InChI is InChI=1S/C41H28N4O/c1-26-19-21-35-33(23-26)34-25-27(24-30-15-10-17-32-31-16-8-9-18-37(31)46-38(30)32)20-22-36(34)45(35)41-43-39(28-11-4-2-5-12-28)42-40(44-41)29-13-6-3-7-14-29/h2-23,25H,24H2,1H3. The zero-order chi connectivity index (χ0) is 30.6. The second kappa shape index (κ2) is 10.5. The molecule has 0 amide bonds. The van der Waals surface area contributed by atoms with Crippen molar-refractivity contribution in [3.05, 3.63) is 156 Å². The lowest BCUT2D eigenvalue weighted by atomic mass is 10.0. The largest absolute Gasteiger partial charge is 0.456 e. The van der Waals surface area contributed by atoms with E-state index in [-0.39, 0.29) is 0 Å². The van der Waals surface area contributed by atoms with E-state index in [1.165, 1.54) is 22.1 Å². The minimum atomic E-state index is 0.594. The van der Waals surface area contributed by atoms with Gasteiger partial charge in [-0.15, -0.1) is 0 Å². The number of furan rings is 1.